The van der Waals surface area contributed by atoms with Gasteiger partial charge in [-0.2, -0.15) is 5.10 Å². The quantitative estimate of drug-likeness (QED) is 0.693. The Morgan fingerprint density at radius 3 is 2.43 bits per heavy atom. The molecule has 0 bridgehead atoms. The van der Waals surface area contributed by atoms with Gasteiger partial charge in [0.15, 0.2) is 0 Å². The van der Waals surface area contributed by atoms with Gasteiger partial charge in [0.25, 0.3) is 0 Å². The lowest BCUT2D eigenvalue weighted by atomic mass is 9.98. The van der Waals surface area contributed by atoms with Gasteiger partial charge in [0, 0.05) is 19.3 Å². The third-order valence-corrected chi connectivity index (χ3v) is 4.80. The van der Waals surface area contributed by atoms with Crippen LogP contribution in [-0.2, 0) is 14.4 Å². The molecule has 0 saturated carbocycles. The van der Waals surface area contributed by atoms with E-state index in [2.05, 4.69) is 10.4 Å². The standard InChI is InChI=1S/C22H24N4O4/c1-30-17-9-7-16(8-10-17)19-13-18(15-5-3-2-4-6-15)25-26(19)22(29)12-11-21(28)24-14-20(23)27/h2-10,19H,11-14H2,1H3,(H2,23,27)(H,24,28)/t19-/m0/s1. The van der Waals surface area contributed by atoms with E-state index < -0.39 is 11.8 Å². The van der Waals surface area contributed by atoms with Gasteiger partial charge in [0.05, 0.1) is 25.4 Å². The minimum Gasteiger partial charge on any atom is -0.497 e. The Kier molecular flexibility index (Phi) is 6.79. The molecule has 1 aliphatic heterocycles. The molecule has 2 aromatic rings. The molecule has 0 fully saturated rings. The van der Waals surface area contributed by atoms with Crippen molar-refractivity contribution in [3.8, 4) is 5.75 Å². The van der Waals surface area contributed by atoms with E-state index in [9.17, 15) is 14.4 Å². The number of methoxy groups -OCH3 is 1. The first kappa shape index (κ1) is 21.0. The molecule has 0 aliphatic carbocycles. The Hall–Kier alpha value is -3.68. The van der Waals surface area contributed by atoms with Crippen molar-refractivity contribution in [2.75, 3.05) is 13.7 Å². The van der Waals surface area contributed by atoms with Crippen molar-refractivity contribution in [2.24, 2.45) is 10.8 Å². The molecule has 1 aliphatic rings. The van der Waals surface area contributed by atoms with E-state index in [4.69, 9.17) is 10.5 Å². The maximum absolute atomic E-state index is 12.9. The van der Waals surface area contributed by atoms with E-state index in [0.717, 1.165) is 22.6 Å². The van der Waals surface area contributed by atoms with Crippen LogP contribution in [0.5, 0.6) is 5.75 Å². The zero-order valence-electron chi connectivity index (χ0n) is 16.7. The second-order valence-corrected chi connectivity index (χ2v) is 6.89. The van der Waals surface area contributed by atoms with Crippen molar-refractivity contribution in [3.63, 3.8) is 0 Å². The highest BCUT2D eigenvalue weighted by Gasteiger charge is 2.33. The molecule has 0 unspecified atom stereocenters. The Morgan fingerprint density at radius 1 is 1.10 bits per heavy atom. The second-order valence-electron chi connectivity index (χ2n) is 6.89. The highest BCUT2D eigenvalue weighted by molar-refractivity contribution is 6.03. The molecule has 1 heterocycles. The van der Waals surface area contributed by atoms with Crippen molar-refractivity contribution in [3.05, 3.63) is 65.7 Å². The summed E-state index contributed by atoms with van der Waals surface area (Å²) in [7, 11) is 1.60. The summed E-state index contributed by atoms with van der Waals surface area (Å²) in [5, 5.41) is 8.41. The molecule has 3 amide bonds. The average molecular weight is 408 g/mol. The van der Waals surface area contributed by atoms with Crippen LogP contribution in [0, 0.1) is 0 Å². The molecule has 0 aromatic heterocycles. The number of amides is 3. The highest BCUT2D eigenvalue weighted by Crippen LogP contribution is 2.34. The molecular formula is C22H24N4O4. The summed E-state index contributed by atoms with van der Waals surface area (Å²) in [6.07, 6.45) is 0.493. The molecular weight excluding hydrogens is 384 g/mol. The summed E-state index contributed by atoms with van der Waals surface area (Å²) < 4.78 is 5.21. The number of hydrazone groups is 1. The van der Waals surface area contributed by atoms with Crippen molar-refractivity contribution in [1.29, 1.82) is 0 Å². The maximum Gasteiger partial charge on any atom is 0.243 e. The number of carbonyl (C=O) groups excluding carboxylic acids is 3. The zero-order chi connectivity index (χ0) is 21.5. The maximum atomic E-state index is 12.9. The van der Waals surface area contributed by atoms with Crippen LogP contribution < -0.4 is 15.8 Å². The fourth-order valence-electron chi connectivity index (χ4n) is 3.24. The van der Waals surface area contributed by atoms with Crippen LogP contribution in [0.4, 0.5) is 0 Å². The first-order chi connectivity index (χ1) is 14.5. The number of rotatable bonds is 8. The molecule has 156 valence electrons. The Labute approximate surface area is 174 Å². The van der Waals surface area contributed by atoms with E-state index in [1.54, 1.807) is 7.11 Å². The molecule has 3 N–H and O–H groups in total. The lowest BCUT2D eigenvalue weighted by molar-refractivity contribution is -0.135. The summed E-state index contributed by atoms with van der Waals surface area (Å²) in [6, 6.07) is 16.9. The third-order valence-electron chi connectivity index (χ3n) is 4.80. The Bertz CT molecular complexity index is 941. The number of hydrogen-bond acceptors (Lipinski definition) is 5. The van der Waals surface area contributed by atoms with E-state index >= 15 is 0 Å². The van der Waals surface area contributed by atoms with E-state index in [-0.39, 0.29) is 31.3 Å². The van der Waals surface area contributed by atoms with Crippen molar-refractivity contribution in [1.82, 2.24) is 10.3 Å². The van der Waals surface area contributed by atoms with E-state index in [0.29, 0.717) is 6.42 Å². The van der Waals surface area contributed by atoms with Gasteiger partial charge < -0.3 is 15.8 Å². The number of primary amides is 1. The molecule has 8 heteroatoms. The van der Waals surface area contributed by atoms with Gasteiger partial charge in [-0.3, -0.25) is 14.4 Å². The molecule has 0 saturated heterocycles. The van der Waals surface area contributed by atoms with Gasteiger partial charge in [-0.15, -0.1) is 0 Å². The van der Waals surface area contributed by atoms with Gasteiger partial charge in [0.2, 0.25) is 17.7 Å². The smallest absolute Gasteiger partial charge is 0.243 e. The fourth-order valence-corrected chi connectivity index (χ4v) is 3.24. The monoisotopic (exact) mass is 408 g/mol. The topological polar surface area (TPSA) is 114 Å². The largest absolute Gasteiger partial charge is 0.497 e. The molecule has 3 rings (SSSR count). The summed E-state index contributed by atoms with van der Waals surface area (Å²) in [4.78, 5) is 35.5. The van der Waals surface area contributed by atoms with E-state index in [1.807, 2.05) is 54.6 Å². The number of nitrogens with zero attached hydrogens (tertiary/aromatic N) is 2. The first-order valence-electron chi connectivity index (χ1n) is 9.62. The SMILES string of the molecule is COc1ccc([C@@H]2CC(c3ccccc3)=NN2C(=O)CCC(=O)NCC(N)=O)cc1. The number of nitrogens with two attached hydrogens (primary N) is 1. The number of ether oxygens (including phenoxy) is 1. The summed E-state index contributed by atoms with van der Waals surface area (Å²) >= 11 is 0. The van der Waals surface area contributed by atoms with E-state index in [1.165, 1.54) is 5.01 Å². The number of carbonyl (C=O) groups is 3. The molecule has 8 nitrogen and oxygen atoms in total. The molecule has 0 radical (unpaired) electrons. The fraction of sp³-hybridized carbons (Fsp3) is 0.273. The van der Waals surface area contributed by atoms with Crippen molar-refractivity contribution < 1.29 is 19.1 Å². The van der Waals surface area contributed by atoms with Crippen LogP contribution in [0.3, 0.4) is 0 Å². The number of nitrogens with one attached hydrogen (secondary N) is 1. The minimum absolute atomic E-state index is 0.0250. The third kappa shape index (κ3) is 5.22. The molecule has 0 spiro atoms. The van der Waals surface area contributed by atoms with Crippen molar-refractivity contribution in [2.45, 2.75) is 25.3 Å². The van der Waals surface area contributed by atoms with Crippen LogP contribution in [0.25, 0.3) is 0 Å². The predicted octanol–water partition coefficient (Wildman–Crippen LogP) is 1.75. The molecule has 30 heavy (non-hydrogen) atoms. The van der Waals surface area contributed by atoms with Gasteiger partial charge in [-0.1, -0.05) is 42.5 Å². The first-order valence-corrected chi connectivity index (χ1v) is 9.62. The van der Waals surface area contributed by atoms with Gasteiger partial charge in [0.1, 0.15) is 5.75 Å². The number of hydrogen-bond donors (Lipinski definition) is 2. The van der Waals surface area contributed by atoms with Gasteiger partial charge in [-0.05, 0) is 23.3 Å². The highest BCUT2D eigenvalue weighted by atomic mass is 16.5. The van der Waals surface area contributed by atoms with Gasteiger partial charge in [-0.25, -0.2) is 5.01 Å². The zero-order valence-corrected chi connectivity index (χ0v) is 16.7. The van der Waals surface area contributed by atoms with Crippen LogP contribution in [-0.4, -0.2) is 42.1 Å². The molecule has 2 aromatic carbocycles. The average Bonchev–Trinajstić information content (AvgIpc) is 3.22. The lowest BCUT2D eigenvalue weighted by Crippen LogP contribution is -2.34. The summed E-state index contributed by atoms with van der Waals surface area (Å²) in [6.45, 7) is -0.248. The lowest BCUT2D eigenvalue weighted by Gasteiger charge is -2.22. The predicted molar refractivity (Wildman–Crippen MR) is 112 cm³/mol. The second kappa shape index (κ2) is 9.69. The molecule has 1 atom stereocenters. The van der Waals surface area contributed by atoms with Crippen LogP contribution in [0.2, 0.25) is 0 Å². The summed E-state index contributed by atoms with van der Waals surface area (Å²) in [5.41, 5.74) is 7.70. The Balaban J connectivity index is 1.76. The van der Waals surface area contributed by atoms with Gasteiger partial charge >= 0.3 is 0 Å². The van der Waals surface area contributed by atoms with Crippen LogP contribution in [0.15, 0.2) is 59.7 Å². The summed E-state index contributed by atoms with van der Waals surface area (Å²) in [5.74, 6) is -0.582. The minimum atomic E-state index is -0.633. The number of benzene rings is 2. The van der Waals surface area contributed by atoms with Crippen LogP contribution in [0.1, 0.15) is 36.4 Å². The van der Waals surface area contributed by atoms with Crippen LogP contribution >= 0.6 is 0 Å². The van der Waals surface area contributed by atoms with Crippen molar-refractivity contribution >= 4 is 23.4 Å². The normalized spacial score (nSPS) is 15.4. The Morgan fingerprint density at radius 2 is 1.80 bits per heavy atom.